The summed E-state index contributed by atoms with van der Waals surface area (Å²) in [6.45, 7) is 1.14. The Balaban J connectivity index is 1.67. The highest BCUT2D eigenvalue weighted by Crippen LogP contribution is 2.27. The molecule has 2 heterocycles. The van der Waals surface area contributed by atoms with Gasteiger partial charge in [-0.2, -0.15) is 4.31 Å². The Labute approximate surface area is 156 Å². The van der Waals surface area contributed by atoms with Crippen molar-refractivity contribution in [3.8, 4) is 0 Å². The SMILES string of the molecule is O=S(=O)(c1ccc(SCc2ccc(F)cc2Cl)nc1)N1CCCCC1. The molecule has 1 aliphatic rings. The minimum Gasteiger partial charge on any atom is -0.249 e. The van der Waals surface area contributed by atoms with Gasteiger partial charge in [0, 0.05) is 30.1 Å². The molecule has 3 rings (SSSR count). The van der Waals surface area contributed by atoms with Crippen LogP contribution >= 0.6 is 23.4 Å². The van der Waals surface area contributed by atoms with Crippen LogP contribution in [0.4, 0.5) is 4.39 Å². The lowest BCUT2D eigenvalue weighted by atomic mass is 10.2. The molecule has 25 heavy (non-hydrogen) atoms. The molecule has 0 bridgehead atoms. The van der Waals surface area contributed by atoms with Gasteiger partial charge >= 0.3 is 0 Å². The Morgan fingerprint density at radius 1 is 1.16 bits per heavy atom. The molecule has 0 unspecified atom stereocenters. The fourth-order valence-corrected chi connectivity index (χ4v) is 5.27. The molecule has 0 atom stereocenters. The first-order valence-electron chi connectivity index (χ1n) is 8.00. The largest absolute Gasteiger partial charge is 0.249 e. The number of hydrogen-bond donors (Lipinski definition) is 0. The number of sulfonamides is 1. The lowest BCUT2D eigenvalue weighted by molar-refractivity contribution is 0.346. The van der Waals surface area contributed by atoms with Crippen molar-refractivity contribution in [3.63, 3.8) is 0 Å². The maximum atomic E-state index is 13.1. The van der Waals surface area contributed by atoms with Gasteiger partial charge in [0.25, 0.3) is 0 Å². The maximum Gasteiger partial charge on any atom is 0.244 e. The van der Waals surface area contributed by atoms with Crippen LogP contribution in [0.2, 0.25) is 5.02 Å². The van der Waals surface area contributed by atoms with E-state index in [9.17, 15) is 12.8 Å². The van der Waals surface area contributed by atoms with Gasteiger partial charge in [-0.05, 0) is 42.7 Å². The Bertz CT molecular complexity index is 838. The van der Waals surface area contributed by atoms with E-state index in [0.717, 1.165) is 24.8 Å². The van der Waals surface area contributed by atoms with E-state index < -0.39 is 10.0 Å². The smallest absolute Gasteiger partial charge is 0.244 e. The van der Waals surface area contributed by atoms with Crippen LogP contribution < -0.4 is 0 Å². The first kappa shape index (κ1) is 18.6. The summed E-state index contributed by atoms with van der Waals surface area (Å²) in [5.41, 5.74) is 0.805. The molecule has 2 aromatic rings. The maximum absolute atomic E-state index is 13.1. The summed E-state index contributed by atoms with van der Waals surface area (Å²) >= 11 is 7.43. The minimum atomic E-state index is -3.46. The zero-order chi connectivity index (χ0) is 17.9. The van der Waals surface area contributed by atoms with Gasteiger partial charge < -0.3 is 0 Å². The molecule has 134 valence electrons. The van der Waals surface area contributed by atoms with Crippen LogP contribution in [0.15, 0.2) is 46.5 Å². The topological polar surface area (TPSA) is 50.3 Å². The van der Waals surface area contributed by atoms with E-state index in [1.165, 1.54) is 34.4 Å². The highest BCUT2D eigenvalue weighted by molar-refractivity contribution is 7.98. The van der Waals surface area contributed by atoms with Crippen molar-refractivity contribution in [1.29, 1.82) is 0 Å². The van der Waals surface area contributed by atoms with Crippen molar-refractivity contribution in [2.75, 3.05) is 13.1 Å². The molecule has 1 aromatic heterocycles. The second-order valence-corrected chi connectivity index (χ2v) is 9.16. The average molecular weight is 401 g/mol. The third kappa shape index (κ3) is 4.53. The molecule has 0 aliphatic carbocycles. The van der Waals surface area contributed by atoms with E-state index in [1.54, 1.807) is 18.2 Å². The van der Waals surface area contributed by atoms with Crippen LogP contribution in [0, 0.1) is 5.82 Å². The minimum absolute atomic E-state index is 0.221. The normalized spacial score (nSPS) is 16.1. The quantitative estimate of drug-likeness (QED) is 0.700. The number of thioether (sulfide) groups is 1. The van der Waals surface area contributed by atoms with Crippen LogP contribution in [0.5, 0.6) is 0 Å². The van der Waals surface area contributed by atoms with Gasteiger partial charge in [0.2, 0.25) is 10.0 Å². The first-order valence-corrected chi connectivity index (χ1v) is 10.8. The number of benzene rings is 1. The van der Waals surface area contributed by atoms with Gasteiger partial charge in [-0.25, -0.2) is 17.8 Å². The number of aromatic nitrogens is 1. The van der Waals surface area contributed by atoms with Crippen LogP contribution in [0.1, 0.15) is 24.8 Å². The van der Waals surface area contributed by atoms with E-state index in [0.29, 0.717) is 28.9 Å². The summed E-state index contributed by atoms with van der Waals surface area (Å²) in [7, 11) is -3.46. The molecule has 0 amide bonds. The second-order valence-electron chi connectivity index (χ2n) is 5.82. The number of piperidine rings is 1. The average Bonchev–Trinajstić information content (AvgIpc) is 2.62. The third-order valence-corrected chi connectivity index (χ3v) is 7.28. The van der Waals surface area contributed by atoms with Crippen molar-refractivity contribution in [3.05, 3.63) is 52.9 Å². The van der Waals surface area contributed by atoms with Crippen molar-refractivity contribution in [2.45, 2.75) is 34.9 Å². The van der Waals surface area contributed by atoms with E-state index in [2.05, 4.69) is 4.98 Å². The van der Waals surface area contributed by atoms with E-state index in [4.69, 9.17) is 11.6 Å². The van der Waals surface area contributed by atoms with Gasteiger partial charge in [-0.15, -0.1) is 11.8 Å². The Morgan fingerprint density at radius 2 is 1.92 bits per heavy atom. The van der Waals surface area contributed by atoms with Crippen LogP contribution in [-0.4, -0.2) is 30.8 Å². The van der Waals surface area contributed by atoms with E-state index in [1.807, 2.05) is 0 Å². The Kier molecular flexibility index (Phi) is 5.99. The van der Waals surface area contributed by atoms with Crippen molar-refractivity contribution in [2.24, 2.45) is 0 Å². The molecular formula is C17H18ClFN2O2S2. The van der Waals surface area contributed by atoms with Gasteiger partial charge in [0.15, 0.2) is 0 Å². The first-order chi connectivity index (χ1) is 12.0. The number of pyridine rings is 1. The van der Waals surface area contributed by atoms with Gasteiger partial charge in [0.05, 0.1) is 5.03 Å². The highest BCUT2D eigenvalue weighted by Gasteiger charge is 2.26. The fourth-order valence-electron chi connectivity index (χ4n) is 2.65. The van der Waals surface area contributed by atoms with Crippen LogP contribution in [-0.2, 0) is 15.8 Å². The number of halogens is 2. The van der Waals surface area contributed by atoms with Crippen LogP contribution in [0.3, 0.4) is 0 Å². The summed E-state index contributed by atoms with van der Waals surface area (Å²) in [5, 5.41) is 1.06. The lowest BCUT2D eigenvalue weighted by Crippen LogP contribution is -2.35. The van der Waals surface area contributed by atoms with E-state index >= 15 is 0 Å². The summed E-state index contributed by atoms with van der Waals surface area (Å²) in [6.07, 6.45) is 4.28. The van der Waals surface area contributed by atoms with Crippen molar-refractivity contribution < 1.29 is 12.8 Å². The summed E-state index contributed by atoms with van der Waals surface area (Å²) in [4.78, 5) is 4.46. The summed E-state index contributed by atoms with van der Waals surface area (Å²) < 4.78 is 39.7. The van der Waals surface area contributed by atoms with Crippen molar-refractivity contribution in [1.82, 2.24) is 9.29 Å². The molecule has 0 radical (unpaired) electrons. The van der Waals surface area contributed by atoms with Gasteiger partial charge in [-0.3, -0.25) is 0 Å². The number of nitrogens with zero attached hydrogens (tertiary/aromatic N) is 2. The molecular weight excluding hydrogens is 383 g/mol. The standard InChI is InChI=1S/C17H18ClFN2O2S2/c18-16-10-14(19)5-4-13(16)12-24-17-7-6-15(11-20-17)25(22,23)21-8-2-1-3-9-21/h4-7,10-11H,1-3,8-9,12H2. The zero-order valence-corrected chi connectivity index (χ0v) is 15.9. The monoisotopic (exact) mass is 400 g/mol. The number of rotatable bonds is 5. The lowest BCUT2D eigenvalue weighted by Gasteiger charge is -2.25. The molecule has 0 N–H and O–H groups in total. The number of hydrogen-bond acceptors (Lipinski definition) is 4. The predicted molar refractivity (Wildman–Crippen MR) is 97.8 cm³/mol. The van der Waals surface area contributed by atoms with Crippen molar-refractivity contribution >= 4 is 33.4 Å². The fraction of sp³-hybridized carbons (Fsp3) is 0.353. The second kappa shape index (κ2) is 8.03. The molecule has 4 nitrogen and oxygen atoms in total. The van der Waals surface area contributed by atoms with Gasteiger partial charge in [-0.1, -0.05) is 24.1 Å². The third-order valence-electron chi connectivity index (χ3n) is 4.05. The molecule has 1 aliphatic heterocycles. The molecule has 1 fully saturated rings. The van der Waals surface area contributed by atoms with Gasteiger partial charge in [0.1, 0.15) is 10.7 Å². The molecule has 8 heteroatoms. The Hall–Kier alpha value is -1.15. The molecule has 1 aromatic carbocycles. The Morgan fingerprint density at radius 3 is 2.56 bits per heavy atom. The predicted octanol–water partition coefficient (Wildman–Crippen LogP) is 4.34. The summed E-state index contributed by atoms with van der Waals surface area (Å²) in [5.74, 6) is 0.161. The molecule has 0 spiro atoms. The zero-order valence-electron chi connectivity index (χ0n) is 13.5. The van der Waals surface area contributed by atoms with E-state index in [-0.39, 0.29) is 10.7 Å². The van der Waals surface area contributed by atoms with Crippen LogP contribution in [0.25, 0.3) is 0 Å². The summed E-state index contributed by atoms with van der Waals surface area (Å²) in [6, 6.07) is 7.56. The highest BCUT2D eigenvalue weighted by atomic mass is 35.5. The molecule has 1 saturated heterocycles. The molecule has 0 saturated carbocycles.